The van der Waals surface area contributed by atoms with Crippen LogP contribution in [0.15, 0.2) is 18.2 Å². The van der Waals surface area contributed by atoms with Crippen molar-refractivity contribution in [3.63, 3.8) is 0 Å². The van der Waals surface area contributed by atoms with Crippen LogP contribution in [-0.4, -0.2) is 63.2 Å². The molecule has 0 saturated carbocycles. The fourth-order valence-electron chi connectivity index (χ4n) is 5.08. The summed E-state index contributed by atoms with van der Waals surface area (Å²) in [5.41, 5.74) is 2.98. The molecule has 1 saturated heterocycles. The Labute approximate surface area is 205 Å². The van der Waals surface area contributed by atoms with Crippen molar-refractivity contribution in [3.8, 4) is 6.07 Å². The minimum Gasteiger partial charge on any atom is -0.447 e. The van der Waals surface area contributed by atoms with Gasteiger partial charge in [0.25, 0.3) is 0 Å². The molecule has 9 nitrogen and oxygen atoms in total. The first-order valence-corrected chi connectivity index (χ1v) is 12.2. The van der Waals surface area contributed by atoms with Crippen molar-refractivity contribution in [1.29, 1.82) is 5.26 Å². The van der Waals surface area contributed by atoms with E-state index in [1.807, 2.05) is 32.9 Å². The van der Waals surface area contributed by atoms with Crippen LogP contribution in [0.4, 0.5) is 9.59 Å². The Kier molecular flexibility index (Phi) is 6.69. The number of nitrogens with one attached hydrogen (secondary N) is 1. The lowest BCUT2D eigenvalue weighted by atomic mass is 10.1. The Balaban J connectivity index is 1.65. The molecule has 188 valence electrons. The second-order valence-electron chi connectivity index (χ2n) is 10.7. The summed E-state index contributed by atoms with van der Waals surface area (Å²) in [7, 11) is 0. The third-order valence-electron chi connectivity index (χ3n) is 6.48. The molecule has 2 N–H and O–H groups in total. The number of ether oxygens (including phenoxy) is 2. The number of alkyl carbamates (subject to hydrolysis) is 1. The Morgan fingerprint density at radius 3 is 2.69 bits per heavy atom. The lowest BCUT2D eigenvalue weighted by Crippen LogP contribution is -2.45. The number of aliphatic hydroxyl groups is 1. The minimum atomic E-state index is -0.676. The van der Waals surface area contributed by atoms with Gasteiger partial charge in [0.1, 0.15) is 5.60 Å². The summed E-state index contributed by atoms with van der Waals surface area (Å²) in [6, 6.07) is 7.18. The number of amides is 2. The van der Waals surface area contributed by atoms with Gasteiger partial charge in [-0.3, -0.25) is 0 Å². The Bertz CT molecular complexity index is 1170. The SMILES string of the molecule is CC(C)OC(=O)NC1Cc2c(n(C[C@@H]3[C@@H](O)CCN3C(=O)OC(C)(C)C)c3ccc(C#N)cc23)C1. The topological polar surface area (TPSA) is 117 Å². The first-order valence-electron chi connectivity index (χ1n) is 12.2. The van der Waals surface area contributed by atoms with E-state index in [0.29, 0.717) is 37.9 Å². The Hall–Kier alpha value is -3.25. The smallest absolute Gasteiger partial charge is 0.410 e. The summed E-state index contributed by atoms with van der Waals surface area (Å²) in [6.45, 7) is 9.89. The molecule has 9 heteroatoms. The minimum absolute atomic E-state index is 0.136. The largest absolute Gasteiger partial charge is 0.447 e. The molecule has 3 atom stereocenters. The van der Waals surface area contributed by atoms with Gasteiger partial charge in [0.2, 0.25) is 0 Å². The zero-order valence-electron chi connectivity index (χ0n) is 21.0. The van der Waals surface area contributed by atoms with Crippen molar-refractivity contribution in [1.82, 2.24) is 14.8 Å². The molecule has 35 heavy (non-hydrogen) atoms. The maximum atomic E-state index is 12.9. The molecule has 1 aliphatic heterocycles. The molecule has 2 aromatic rings. The molecule has 0 radical (unpaired) electrons. The molecule has 4 rings (SSSR count). The molecular formula is C26H34N4O5. The summed E-state index contributed by atoms with van der Waals surface area (Å²) < 4.78 is 13.0. The number of nitrogens with zero attached hydrogens (tertiary/aromatic N) is 3. The summed E-state index contributed by atoms with van der Waals surface area (Å²) in [6.07, 6.45) is -0.0894. The van der Waals surface area contributed by atoms with Crippen LogP contribution in [0, 0.1) is 11.3 Å². The zero-order valence-corrected chi connectivity index (χ0v) is 21.0. The number of likely N-dealkylation sites (tertiary alicyclic amines) is 1. The molecule has 1 unspecified atom stereocenters. The van der Waals surface area contributed by atoms with Gasteiger partial charge < -0.3 is 29.4 Å². The van der Waals surface area contributed by atoms with Crippen LogP contribution in [0.3, 0.4) is 0 Å². The first kappa shape index (κ1) is 24.9. The van der Waals surface area contributed by atoms with Gasteiger partial charge in [-0.25, -0.2) is 9.59 Å². The number of carbonyl (C=O) groups is 2. The molecule has 2 aliphatic rings. The summed E-state index contributed by atoms with van der Waals surface area (Å²) >= 11 is 0. The number of aromatic nitrogens is 1. The second-order valence-corrected chi connectivity index (χ2v) is 10.7. The molecule has 1 fully saturated rings. The maximum absolute atomic E-state index is 12.9. The van der Waals surface area contributed by atoms with E-state index in [4.69, 9.17) is 9.47 Å². The average Bonchev–Trinajstić information content (AvgIpc) is 3.40. The number of carbonyl (C=O) groups excluding carboxylic acids is 2. The molecule has 2 heterocycles. The number of nitriles is 1. The van der Waals surface area contributed by atoms with E-state index in [-0.39, 0.29) is 12.1 Å². The highest BCUT2D eigenvalue weighted by atomic mass is 16.6. The second kappa shape index (κ2) is 9.42. The van der Waals surface area contributed by atoms with E-state index in [1.165, 1.54) is 0 Å². The Morgan fingerprint density at radius 2 is 2.03 bits per heavy atom. The van der Waals surface area contributed by atoms with Gasteiger partial charge in [-0.05, 0) is 71.2 Å². The van der Waals surface area contributed by atoms with Crippen LogP contribution in [0.5, 0.6) is 0 Å². The third kappa shape index (κ3) is 5.22. The van der Waals surface area contributed by atoms with Crippen molar-refractivity contribution >= 4 is 23.1 Å². The molecule has 0 bridgehead atoms. The fraction of sp³-hybridized carbons (Fsp3) is 0.577. The molecule has 1 aromatic carbocycles. The number of fused-ring (bicyclic) bond motifs is 3. The van der Waals surface area contributed by atoms with Crippen molar-refractivity contribution in [3.05, 3.63) is 35.0 Å². The highest BCUT2D eigenvalue weighted by Crippen LogP contribution is 2.35. The average molecular weight is 483 g/mol. The van der Waals surface area contributed by atoms with Crippen LogP contribution in [0.2, 0.25) is 0 Å². The number of hydrogen-bond donors (Lipinski definition) is 2. The molecular weight excluding hydrogens is 448 g/mol. The van der Waals surface area contributed by atoms with Crippen molar-refractivity contribution in [2.45, 2.75) is 90.3 Å². The highest BCUT2D eigenvalue weighted by molar-refractivity contribution is 5.88. The van der Waals surface area contributed by atoms with E-state index in [9.17, 15) is 20.0 Å². The van der Waals surface area contributed by atoms with Crippen molar-refractivity contribution in [2.24, 2.45) is 0 Å². The zero-order chi connectivity index (χ0) is 25.5. The first-order chi connectivity index (χ1) is 16.5. The van der Waals surface area contributed by atoms with Crippen LogP contribution in [0.1, 0.15) is 57.9 Å². The summed E-state index contributed by atoms with van der Waals surface area (Å²) in [4.78, 5) is 26.7. The lowest BCUT2D eigenvalue weighted by molar-refractivity contribution is 0.0134. The fourth-order valence-corrected chi connectivity index (χ4v) is 5.08. The van der Waals surface area contributed by atoms with Crippen molar-refractivity contribution < 1.29 is 24.2 Å². The highest BCUT2D eigenvalue weighted by Gasteiger charge is 2.40. The van der Waals surface area contributed by atoms with Gasteiger partial charge in [-0.1, -0.05) is 0 Å². The molecule has 2 amide bonds. The normalized spacial score (nSPS) is 21.8. The van der Waals surface area contributed by atoms with Gasteiger partial charge in [0.05, 0.1) is 29.9 Å². The number of rotatable bonds is 4. The molecule has 0 spiro atoms. The van der Waals surface area contributed by atoms with E-state index in [1.54, 1.807) is 24.8 Å². The summed E-state index contributed by atoms with van der Waals surface area (Å²) in [5, 5.41) is 24.1. The summed E-state index contributed by atoms with van der Waals surface area (Å²) in [5.74, 6) is 0. The number of hydrogen-bond acceptors (Lipinski definition) is 6. The van der Waals surface area contributed by atoms with Gasteiger partial charge in [0.15, 0.2) is 0 Å². The Morgan fingerprint density at radius 1 is 1.29 bits per heavy atom. The van der Waals surface area contributed by atoms with E-state index >= 15 is 0 Å². The van der Waals surface area contributed by atoms with E-state index in [0.717, 1.165) is 22.2 Å². The van der Waals surface area contributed by atoms with Gasteiger partial charge in [0, 0.05) is 42.1 Å². The maximum Gasteiger partial charge on any atom is 0.410 e. The van der Waals surface area contributed by atoms with Crippen LogP contribution in [-0.2, 0) is 28.9 Å². The monoisotopic (exact) mass is 482 g/mol. The predicted molar refractivity (Wildman–Crippen MR) is 130 cm³/mol. The van der Waals surface area contributed by atoms with Gasteiger partial charge >= 0.3 is 12.2 Å². The van der Waals surface area contributed by atoms with Crippen molar-refractivity contribution in [2.75, 3.05) is 6.54 Å². The van der Waals surface area contributed by atoms with Gasteiger partial charge in [-0.15, -0.1) is 0 Å². The van der Waals surface area contributed by atoms with E-state index < -0.39 is 29.9 Å². The predicted octanol–water partition coefficient (Wildman–Crippen LogP) is 3.49. The van der Waals surface area contributed by atoms with Crippen LogP contribution < -0.4 is 5.32 Å². The molecule has 1 aliphatic carbocycles. The molecule has 1 aromatic heterocycles. The van der Waals surface area contributed by atoms with Gasteiger partial charge in [-0.2, -0.15) is 5.26 Å². The third-order valence-corrected chi connectivity index (χ3v) is 6.48. The van der Waals surface area contributed by atoms with E-state index in [2.05, 4.69) is 16.0 Å². The lowest BCUT2D eigenvalue weighted by Gasteiger charge is -2.30. The van der Waals surface area contributed by atoms with Crippen LogP contribution >= 0.6 is 0 Å². The standard InChI is InChI=1S/C26H34N4O5/c1-15(2)34-24(32)28-17-11-19-18-10-16(13-27)6-7-20(18)30(21(19)12-17)14-22-23(31)8-9-29(22)25(33)35-26(3,4)5/h6-7,10,15,17,22-23,31H,8-9,11-12,14H2,1-5H3,(H,28,32)/t17?,22-,23+/m1/s1. The quantitative estimate of drug-likeness (QED) is 0.689. The van der Waals surface area contributed by atoms with Crippen LogP contribution in [0.25, 0.3) is 10.9 Å². The number of aliphatic hydroxyl groups excluding tert-OH is 1. The number of benzene rings is 1.